The van der Waals surface area contributed by atoms with E-state index < -0.39 is 5.41 Å². The number of likely N-dealkylation sites (N-methyl/N-ethyl adjacent to an activating group) is 1. The van der Waals surface area contributed by atoms with E-state index in [0.717, 1.165) is 36.9 Å². The highest BCUT2D eigenvalue weighted by molar-refractivity contribution is 6.09. The number of carbonyl (C=O) groups is 1. The molecule has 0 radical (unpaired) electrons. The number of rotatable bonds is 0. The van der Waals surface area contributed by atoms with Gasteiger partial charge in [0.1, 0.15) is 5.82 Å². The molecular weight excluding hydrogens is 266 g/mol. The number of nitrogens with zero attached hydrogens (tertiary/aromatic N) is 2. The molecule has 2 heterocycles. The van der Waals surface area contributed by atoms with Gasteiger partial charge in [0.15, 0.2) is 0 Å². The number of H-pyrrole nitrogens is 1. The molecule has 2 aromatic rings. The van der Waals surface area contributed by atoms with E-state index in [1.54, 1.807) is 11.8 Å². The van der Waals surface area contributed by atoms with E-state index in [0.29, 0.717) is 16.7 Å². The zero-order valence-electron chi connectivity index (χ0n) is 12.2. The van der Waals surface area contributed by atoms with Crippen molar-refractivity contribution in [2.24, 2.45) is 0 Å². The molecule has 1 saturated carbocycles. The Kier molecular flexibility index (Phi) is 2.35. The van der Waals surface area contributed by atoms with Gasteiger partial charge in [0.05, 0.1) is 16.3 Å². The normalized spacial score (nSPS) is 19.7. The first-order valence-electron chi connectivity index (χ1n) is 7.36. The largest absolute Gasteiger partial charge is 0.314 e. The molecule has 1 fully saturated rings. The van der Waals surface area contributed by atoms with Crippen LogP contribution in [0, 0.1) is 6.92 Å². The van der Waals surface area contributed by atoms with E-state index in [9.17, 15) is 9.59 Å². The molecule has 0 saturated heterocycles. The molecule has 108 valence electrons. The van der Waals surface area contributed by atoms with Gasteiger partial charge < -0.3 is 9.88 Å². The second-order valence-electron chi connectivity index (χ2n) is 6.19. The fourth-order valence-corrected chi connectivity index (χ4v) is 3.96. The topological polar surface area (TPSA) is 66.1 Å². The number of benzene rings is 1. The van der Waals surface area contributed by atoms with Crippen LogP contribution in [-0.4, -0.2) is 22.9 Å². The van der Waals surface area contributed by atoms with Crippen LogP contribution in [0.25, 0.3) is 10.9 Å². The van der Waals surface area contributed by atoms with Crippen LogP contribution < -0.4 is 10.5 Å². The summed E-state index contributed by atoms with van der Waals surface area (Å²) in [6, 6.07) is 3.78. The van der Waals surface area contributed by atoms with E-state index in [-0.39, 0.29) is 11.5 Å². The zero-order chi connectivity index (χ0) is 14.8. The third-order valence-electron chi connectivity index (χ3n) is 4.99. The number of fused-ring (bicyclic) bond motifs is 3. The number of aromatic nitrogens is 2. The van der Waals surface area contributed by atoms with Gasteiger partial charge in [0.2, 0.25) is 5.91 Å². The van der Waals surface area contributed by atoms with Crippen LogP contribution in [-0.2, 0) is 10.2 Å². The van der Waals surface area contributed by atoms with E-state index >= 15 is 0 Å². The molecule has 1 aromatic carbocycles. The number of aryl methyl sites for hydroxylation is 1. The lowest BCUT2D eigenvalue weighted by Crippen LogP contribution is -2.36. The van der Waals surface area contributed by atoms with Crippen molar-refractivity contribution in [3.05, 3.63) is 33.9 Å². The third kappa shape index (κ3) is 1.49. The predicted octanol–water partition coefficient (Wildman–Crippen LogP) is 2.02. The van der Waals surface area contributed by atoms with Crippen molar-refractivity contribution in [1.29, 1.82) is 0 Å². The summed E-state index contributed by atoms with van der Waals surface area (Å²) >= 11 is 0. The SMILES string of the molecule is Cc1nc2cc3c(cc2c(=O)[nH]1)C1(CCCC1)C(=O)N3C. The number of hydrogen-bond donors (Lipinski definition) is 1. The first kappa shape index (κ1) is 12.6. The Morgan fingerprint density at radius 3 is 2.67 bits per heavy atom. The second kappa shape index (κ2) is 3.93. The molecule has 0 atom stereocenters. The zero-order valence-corrected chi connectivity index (χ0v) is 12.2. The Hall–Kier alpha value is -2.17. The van der Waals surface area contributed by atoms with Gasteiger partial charge in [-0.15, -0.1) is 0 Å². The number of nitrogens with one attached hydrogen (secondary N) is 1. The molecule has 21 heavy (non-hydrogen) atoms. The number of amides is 1. The van der Waals surface area contributed by atoms with Gasteiger partial charge in [-0.2, -0.15) is 0 Å². The van der Waals surface area contributed by atoms with E-state index in [1.165, 1.54) is 0 Å². The molecule has 0 bridgehead atoms. The van der Waals surface area contributed by atoms with Crippen molar-refractivity contribution in [2.75, 3.05) is 11.9 Å². The molecular formula is C16H17N3O2. The van der Waals surface area contributed by atoms with E-state index in [1.807, 2.05) is 19.2 Å². The number of anilines is 1. The maximum atomic E-state index is 12.7. The van der Waals surface area contributed by atoms with Crippen molar-refractivity contribution in [3.8, 4) is 0 Å². The van der Waals surface area contributed by atoms with Gasteiger partial charge in [-0.1, -0.05) is 12.8 Å². The lowest BCUT2D eigenvalue weighted by molar-refractivity contribution is -0.122. The maximum absolute atomic E-state index is 12.7. The van der Waals surface area contributed by atoms with Crippen LogP contribution in [0.2, 0.25) is 0 Å². The number of hydrogen-bond acceptors (Lipinski definition) is 3. The smallest absolute Gasteiger partial charge is 0.258 e. The first-order valence-corrected chi connectivity index (χ1v) is 7.36. The summed E-state index contributed by atoms with van der Waals surface area (Å²) in [6.07, 6.45) is 3.90. The minimum atomic E-state index is -0.407. The fourth-order valence-electron chi connectivity index (χ4n) is 3.96. The van der Waals surface area contributed by atoms with E-state index in [4.69, 9.17) is 0 Å². The molecule has 1 spiro atoms. The van der Waals surface area contributed by atoms with Crippen molar-refractivity contribution < 1.29 is 4.79 Å². The Labute approximate surface area is 122 Å². The highest BCUT2D eigenvalue weighted by Crippen LogP contribution is 2.51. The third-order valence-corrected chi connectivity index (χ3v) is 4.99. The summed E-state index contributed by atoms with van der Waals surface area (Å²) in [5.74, 6) is 0.758. The van der Waals surface area contributed by atoms with Crippen LogP contribution in [0.4, 0.5) is 5.69 Å². The molecule has 1 aromatic heterocycles. The second-order valence-corrected chi connectivity index (χ2v) is 6.19. The van der Waals surface area contributed by atoms with Crippen molar-refractivity contribution >= 4 is 22.5 Å². The molecule has 1 aliphatic heterocycles. The monoisotopic (exact) mass is 283 g/mol. The molecule has 0 unspecified atom stereocenters. The lowest BCUT2D eigenvalue weighted by Gasteiger charge is -2.21. The van der Waals surface area contributed by atoms with E-state index in [2.05, 4.69) is 9.97 Å². The number of aromatic amines is 1. The van der Waals surface area contributed by atoms with Crippen molar-refractivity contribution in [1.82, 2.24) is 9.97 Å². The average molecular weight is 283 g/mol. The van der Waals surface area contributed by atoms with Crippen molar-refractivity contribution in [3.63, 3.8) is 0 Å². The molecule has 2 aliphatic rings. The highest BCUT2D eigenvalue weighted by atomic mass is 16.2. The van der Waals surface area contributed by atoms with Gasteiger partial charge in [-0.25, -0.2) is 4.98 Å². The standard InChI is InChI=1S/C16H17N3O2/c1-9-17-12-8-13-11(7-10(12)14(20)18-9)16(5-3-4-6-16)15(21)19(13)2/h7-8H,3-6H2,1-2H3,(H,17,18,20). The minimum Gasteiger partial charge on any atom is -0.314 e. The van der Waals surface area contributed by atoms with Crippen LogP contribution >= 0.6 is 0 Å². The van der Waals surface area contributed by atoms with Gasteiger partial charge in [0.25, 0.3) is 5.56 Å². The Morgan fingerprint density at radius 2 is 1.95 bits per heavy atom. The molecule has 1 amide bonds. The predicted molar refractivity (Wildman–Crippen MR) is 80.7 cm³/mol. The summed E-state index contributed by atoms with van der Waals surface area (Å²) in [5.41, 5.74) is 2.04. The van der Waals surface area contributed by atoms with Crippen LogP contribution in [0.5, 0.6) is 0 Å². The van der Waals surface area contributed by atoms with Crippen LogP contribution in [0.15, 0.2) is 16.9 Å². The summed E-state index contributed by atoms with van der Waals surface area (Å²) in [7, 11) is 1.82. The van der Waals surface area contributed by atoms with Gasteiger partial charge in [-0.3, -0.25) is 9.59 Å². The maximum Gasteiger partial charge on any atom is 0.258 e. The highest BCUT2D eigenvalue weighted by Gasteiger charge is 2.51. The average Bonchev–Trinajstić information content (AvgIpc) is 3.00. The molecule has 5 nitrogen and oxygen atoms in total. The molecule has 5 heteroatoms. The van der Waals surface area contributed by atoms with Gasteiger partial charge in [0, 0.05) is 12.7 Å². The fraction of sp³-hybridized carbons (Fsp3) is 0.438. The Bertz CT molecular complexity index is 831. The Morgan fingerprint density at radius 1 is 1.24 bits per heavy atom. The summed E-state index contributed by atoms with van der Waals surface area (Å²) in [6.45, 7) is 1.77. The lowest BCUT2D eigenvalue weighted by atomic mass is 9.80. The number of carbonyl (C=O) groups excluding carboxylic acids is 1. The minimum absolute atomic E-state index is 0.129. The van der Waals surface area contributed by atoms with Crippen LogP contribution in [0.1, 0.15) is 37.1 Å². The van der Waals surface area contributed by atoms with Crippen LogP contribution in [0.3, 0.4) is 0 Å². The molecule has 1 aliphatic carbocycles. The van der Waals surface area contributed by atoms with Gasteiger partial charge in [-0.05, 0) is 37.5 Å². The Balaban J connectivity index is 2.08. The molecule has 4 rings (SSSR count). The summed E-state index contributed by atoms with van der Waals surface area (Å²) < 4.78 is 0. The summed E-state index contributed by atoms with van der Waals surface area (Å²) in [4.78, 5) is 33.8. The summed E-state index contributed by atoms with van der Waals surface area (Å²) in [5, 5.41) is 0.578. The quantitative estimate of drug-likeness (QED) is 0.804. The van der Waals surface area contributed by atoms with Gasteiger partial charge >= 0.3 is 0 Å². The first-order chi connectivity index (χ1) is 10.0. The van der Waals surface area contributed by atoms with Crippen molar-refractivity contribution in [2.45, 2.75) is 38.0 Å². The molecule has 1 N–H and O–H groups in total.